The van der Waals surface area contributed by atoms with Gasteiger partial charge >= 0.3 is 0 Å². The highest BCUT2D eigenvalue weighted by Gasteiger charge is 2.47. The van der Waals surface area contributed by atoms with Gasteiger partial charge in [0.15, 0.2) is 6.04 Å². The molecule has 1 aromatic carbocycles. The van der Waals surface area contributed by atoms with Gasteiger partial charge in [0.2, 0.25) is 6.29 Å². The lowest BCUT2D eigenvalue weighted by Gasteiger charge is -2.34. The molecular weight excluding hydrogens is 182 g/mol. The van der Waals surface area contributed by atoms with E-state index in [1.807, 2.05) is 0 Å². The Kier molecular flexibility index (Phi) is 1.89. The second-order valence-electron chi connectivity index (χ2n) is 2.90. The van der Waals surface area contributed by atoms with Gasteiger partial charge < -0.3 is 0 Å². The third-order valence-corrected chi connectivity index (χ3v) is 2.08. The summed E-state index contributed by atoms with van der Waals surface area (Å²) < 4.78 is 0. The molecule has 0 aliphatic carbocycles. The molecule has 1 saturated heterocycles. The summed E-state index contributed by atoms with van der Waals surface area (Å²) in [7, 11) is 0. The van der Waals surface area contributed by atoms with E-state index >= 15 is 0 Å². The van der Waals surface area contributed by atoms with Crippen molar-refractivity contribution in [2.24, 2.45) is 0 Å². The molecule has 0 aromatic heterocycles. The summed E-state index contributed by atoms with van der Waals surface area (Å²) in [5.41, 5.74) is 0.547. The Morgan fingerprint density at radius 1 is 1.14 bits per heavy atom. The van der Waals surface area contributed by atoms with Crippen LogP contribution in [0.3, 0.4) is 0 Å². The van der Waals surface area contributed by atoms with E-state index in [-0.39, 0.29) is 0 Å². The maximum absolute atomic E-state index is 11.1. The number of β-lactam (4-membered cyclic amide) rings is 1. The van der Waals surface area contributed by atoms with Crippen molar-refractivity contribution in [2.75, 3.05) is 4.90 Å². The fraction of sp³-hybridized carbons (Fsp3) is 0.100. The molecule has 2 rings (SSSR count). The summed E-state index contributed by atoms with van der Waals surface area (Å²) >= 11 is 0. The maximum atomic E-state index is 11.1. The number of rotatable bonds is 2. The number of anilines is 1. The molecule has 1 fully saturated rings. The van der Waals surface area contributed by atoms with Gasteiger partial charge in [0.1, 0.15) is 0 Å². The number of hydrogen-bond acceptors (Lipinski definition) is 3. The van der Waals surface area contributed by atoms with Crippen LogP contribution in [0.2, 0.25) is 0 Å². The van der Waals surface area contributed by atoms with E-state index < -0.39 is 17.7 Å². The molecule has 0 bridgehead atoms. The normalized spacial score (nSPS) is 20.6. The van der Waals surface area contributed by atoms with Crippen LogP contribution in [-0.4, -0.2) is 24.0 Å². The standard InChI is InChI=1S/C10H6NO3/c12-6-8-9(13)10(14)11(8)7-4-2-1-3-5-7/h1-5,8H/t8-/m1/s1. The van der Waals surface area contributed by atoms with Crippen molar-refractivity contribution >= 4 is 23.7 Å². The lowest BCUT2D eigenvalue weighted by atomic mass is 10.0. The molecule has 1 aliphatic rings. The van der Waals surface area contributed by atoms with E-state index in [9.17, 15) is 14.4 Å². The van der Waals surface area contributed by atoms with Gasteiger partial charge in [-0.3, -0.25) is 19.3 Å². The summed E-state index contributed by atoms with van der Waals surface area (Å²) in [5.74, 6) is -1.34. The van der Waals surface area contributed by atoms with Crippen molar-refractivity contribution in [3.63, 3.8) is 0 Å². The first kappa shape index (κ1) is 8.62. The first-order valence-corrected chi connectivity index (χ1v) is 4.06. The number of carbonyl (C=O) groups excluding carboxylic acids is 3. The summed E-state index contributed by atoms with van der Waals surface area (Å²) in [5, 5.41) is 0. The average molecular weight is 188 g/mol. The topological polar surface area (TPSA) is 54.5 Å². The Morgan fingerprint density at radius 2 is 1.79 bits per heavy atom. The fourth-order valence-corrected chi connectivity index (χ4v) is 1.37. The zero-order chi connectivity index (χ0) is 10.1. The summed E-state index contributed by atoms with van der Waals surface area (Å²) in [4.78, 5) is 33.6. The number of carbonyl (C=O) groups is 2. The van der Waals surface area contributed by atoms with Gasteiger partial charge in [-0.2, -0.15) is 0 Å². The van der Waals surface area contributed by atoms with Crippen molar-refractivity contribution in [3.8, 4) is 0 Å². The molecule has 1 aromatic rings. The van der Waals surface area contributed by atoms with E-state index in [1.54, 1.807) is 30.3 Å². The first-order valence-electron chi connectivity index (χ1n) is 4.06. The minimum absolute atomic E-state index is 0.547. The van der Waals surface area contributed by atoms with E-state index in [0.717, 1.165) is 4.90 Å². The van der Waals surface area contributed by atoms with Gasteiger partial charge in [-0.15, -0.1) is 0 Å². The van der Waals surface area contributed by atoms with Crippen LogP contribution < -0.4 is 4.90 Å². The van der Waals surface area contributed by atoms with Gasteiger partial charge in [-0.1, -0.05) is 18.2 Å². The van der Waals surface area contributed by atoms with Crippen LogP contribution in [-0.2, 0) is 14.4 Å². The molecule has 0 unspecified atom stereocenters. The Morgan fingerprint density at radius 3 is 2.36 bits per heavy atom. The predicted molar refractivity (Wildman–Crippen MR) is 48.4 cm³/mol. The van der Waals surface area contributed by atoms with Gasteiger partial charge in [0.25, 0.3) is 11.7 Å². The minimum Gasteiger partial charge on any atom is -0.288 e. The number of benzene rings is 1. The quantitative estimate of drug-likeness (QED) is 0.375. The molecule has 1 heterocycles. The van der Waals surface area contributed by atoms with Crippen molar-refractivity contribution in [1.82, 2.24) is 0 Å². The van der Waals surface area contributed by atoms with Crippen molar-refractivity contribution < 1.29 is 14.4 Å². The molecule has 1 aliphatic heterocycles. The number of amides is 1. The lowest BCUT2D eigenvalue weighted by Crippen LogP contribution is -2.63. The molecule has 69 valence electrons. The van der Waals surface area contributed by atoms with Crippen LogP contribution >= 0.6 is 0 Å². The third-order valence-electron chi connectivity index (χ3n) is 2.08. The second-order valence-corrected chi connectivity index (χ2v) is 2.90. The van der Waals surface area contributed by atoms with Crippen molar-refractivity contribution in [1.29, 1.82) is 0 Å². The number of para-hydroxylation sites is 1. The molecule has 4 heteroatoms. The highest BCUT2D eigenvalue weighted by atomic mass is 16.2. The molecule has 0 N–H and O–H groups in total. The molecule has 0 spiro atoms. The van der Waals surface area contributed by atoms with Crippen LogP contribution in [0.5, 0.6) is 0 Å². The number of nitrogens with zero attached hydrogens (tertiary/aromatic N) is 1. The minimum atomic E-state index is -1.05. The number of hydrogen-bond donors (Lipinski definition) is 0. The Balaban J connectivity index is 2.32. The SMILES string of the molecule is O=[C][C@@H]1C(=O)C(=O)N1c1ccccc1. The second kappa shape index (κ2) is 3.06. The predicted octanol–water partition coefficient (Wildman–Crippen LogP) is 0.0806. The lowest BCUT2D eigenvalue weighted by molar-refractivity contribution is -0.141. The molecule has 1 radical (unpaired) electrons. The van der Waals surface area contributed by atoms with Crippen LogP contribution in [0.25, 0.3) is 0 Å². The van der Waals surface area contributed by atoms with E-state index in [0.29, 0.717) is 5.69 Å². The van der Waals surface area contributed by atoms with E-state index in [2.05, 4.69) is 0 Å². The highest BCUT2D eigenvalue weighted by molar-refractivity contribution is 6.55. The van der Waals surface area contributed by atoms with Crippen LogP contribution in [0.1, 0.15) is 0 Å². The zero-order valence-electron chi connectivity index (χ0n) is 7.14. The fourth-order valence-electron chi connectivity index (χ4n) is 1.37. The Hall–Kier alpha value is -1.97. The summed E-state index contributed by atoms with van der Waals surface area (Å²) in [6, 6.07) is 7.52. The van der Waals surface area contributed by atoms with Crippen molar-refractivity contribution in [3.05, 3.63) is 30.3 Å². The molecule has 1 amide bonds. The van der Waals surface area contributed by atoms with Crippen LogP contribution in [0.4, 0.5) is 5.69 Å². The number of ketones is 1. The molecule has 4 nitrogen and oxygen atoms in total. The van der Waals surface area contributed by atoms with Crippen molar-refractivity contribution in [2.45, 2.75) is 6.04 Å². The Labute approximate surface area is 80.1 Å². The smallest absolute Gasteiger partial charge is 0.288 e. The van der Waals surface area contributed by atoms with Crippen LogP contribution in [0.15, 0.2) is 30.3 Å². The van der Waals surface area contributed by atoms with Crippen LogP contribution in [0, 0.1) is 0 Å². The highest BCUT2D eigenvalue weighted by Crippen LogP contribution is 2.23. The van der Waals surface area contributed by atoms with Gasteiger partial charge in [0, 0.05) is 5.69 Å². The van der Waals surface area contributed by atoms with E-state index in [1.165, 1.54) is 6.29 Å². The largest absolute Gasteiger partial charge is 0.298 e. The zero-order valence-corrected chi connectivity index (χ0v) is 7.14. The van der Waals surface area contributed by atoms with Gasteiger partial charge in [0.05, 0.1) is 0 Å². The first-order chi connectivity index (χ1) is 6.75. The molecule has 1 atom stereocenters. The average Bonchev–Trinajstić information content (AvgIpc) is 2.25. The molecule has 14 heavy (non-hydrogen) atoms. The van der Waals surface area contributed by atoms with Gasteiger partial charge in [-0.05, 0) is 12.1 Å². The van der Waals surface area contributed by atoms with E-state index in [4.69, 9.17) is 0 Å². The Bertz CT molecular complexity index is 399. The monoisotopic (exact) mass is 188 g/mol. The summed E-state index contributed by atoms with van der Waals surface area (Å²) in [6.45, 7) is 0. The molecular formula is C10H6NO3. The maximum Gasteiger partial charge on any atom is 0.298 e. The molecule has 0 saturated carbocycles. The summed E-state index contributed by atoms with van der Waals surface area (Å²) in [6.07, 6.45) is 1.54. The third kappa shape index (κ3) is 1.04. The van der Waals surface area contributed by atoms with Gasteiger partial charge in [-0.25, -0.2) is 0 Å². The number of Topliss-reactive ketones (excluding diaryl/α,β-unsaturated/α-hetero) is 1.